The van der Waals surface area contributed by atoms with Gasteiger partial charge in [0.1, 0.15) is 6.29 Å². The van der Waals surface area contributed by atoms with Gasteiger partial charge in [0.25, 0.3) is 0 Å². The summed E-state index contributed by atoms with van der Waals surface area (Å²) in [6, 6.07) is 10.3. The molecule has 0 amide bonds. The fourth-order valence-electron chi connectivity index (χ4n) is 2.39. The van der Waals surface area contributed by atoms with Crippen molar-refractivity contribution in [1.29, 1.82) is 0 Å². The number of hydrogen-bond donors (Lipinski definition) is 3. The Hall–Kier alpha value is -2.18. The topological polar surface area (TPSA) is 62.6 Å². The van der Waals surface area contributed by atoms with Gasteiger partial charge in [-0.1, -0.05) is 36.9 Å². The van der Waals surface area contributed by atoms with E-state index in [-0.39, 0.29) is 12.5 Å². The van der Waals surface area contributed by atoms with E-state index in [2.05, 4.69) is 42.6 Å². The molecule has 114 valence electrons. The maximum Gasteiger partial charge on any atom is 0.157 e. The van der Waals surface area contributed by atoms with Gasteiger partial charge in [0.2, 0.25) is 0 Å². The molecule has 0 bridgehead atoms. The second kappa shape index (κ2) is 6.29. The average molecular weight is 296 g/mol. The van der Waals surface area contributed by atoms with E-state index in [0.29, 0.717) is 0 Å². The quantitative estimate of drug-likeness (QED) is 0.796. The molecular weight excluding hydrogens is 276 g/mol. The van der Waals surface area contributed by atoms with Crippen LogP contribution in [0, 0.1) is 0 Å². The van der Waals surface area contributed by atoms with E-state index in [9.17, 15) is 0 Å². The van der Waals surface area contributed by atoms with Crippen LogP contribution in [0.3, 0.4) is 0 Å². The van der Waals surface area contributed by atoms with E-state index in [0.717, 1.165) is 11.3 Å². The minimum absolute atomic E-state index is 0.260. The third-order valence-electron chi connectivity index (χ3n) is 3.60. The summed E-state index contributed by atoms with van der Waals surface area (Å²) in [6.45, 7) is 6.19. The van der Waals surface area contributed by atoms with Gasteiger partial charge in [0.05, 0.1) is 0 Å². The molecule has 0 saturated carbocycles. The molecule has 2 heterocycles. The molecule has 1 saturated heterocycles. The molecule has 2 unspecified atom stereocenters. The Kier molecular flexibility index (Phi) is 4.22. The monoisotopic (exact) mass is 296 g/mol. The summed E-state index contributed by atoms with van der Waals surface area (Å²) < 4.78 is 0. The average Bonchev–Trinajstić information content (AvgIpc) is 2.96. The zero-order chi connectivity index (χ0) is 15.5. The Balaban J connectivity index is 1.72. The van der Waals surface area contributed by atoms with E-state index >= 15 is 0 Å². The zero-order valence-corrected chi connectivity index (χ0v) is 12.5. The van der Waals surface area contributed by atoms with Crippen LogP contribution < -0.4 is 16.5 Å². The SMILES string of the molecule is C=C1C=C(C2NC(N)NO2)C=CN1/C=C(\C)c1ccccc1. The highest BCUT2D eigenvalue weighted by molar-refractivity contribution is 5.63. The van der Waals surface area contributed by atoms with Crippen LogP contribution in [0.15, 0.2) is 72.7 Å². The van der Waals surface area contributed by atoms with Crippen molar-refractivity contribution in [1.82, 2.24) is 15.7 Å². The molecule has 5 nitrogen and oxygen atoms in total. The molecule has 0 aliphatic carbocycles. The molecule has 22 heavy (non-hydrogen) atoms. The smallest absolute Gasteiger partial charge is 0.157 e. The van der Waals surface area contributed by atoms with E-state index in [1.54, 1.807) is 0 Å². The van der Waals surface area contributed by atoms with Crippen molar-refractivity contribution in [2.45, 2.75) is 19.4 Å². The summed E-state index contributed by atoms with van der Waals surface area (Å²) in [7, 11) is 0. The van der Waals surface area contributed by atoms with E-state index in [4.69, 9.17) is 10.6 Å². The number of nitrogens with one attached hydrogen (secondary N) is 2. The summed E-state index contributed by atoms with van der Waals surface area (Å²) in [4.78, 5) is 7.35. The van der Waals surface area contributed by atoms with E-state index < -0.39 is 0 Å². The summed E-state index contributed by atoms with van der Waals surface area (Å²) in [5, 5.41) is 3.08. The molecule has 4 N–H and O–H groups in total. The predicted molar refractivity (Wildman–Crippen MR) is 87.4 cm³/mol. The number of hydrogen-bond acceptors (Lipinski definition) is 5. The lowest BCUT2D eigenvalue weighted by Gasteiger charge is -2.23. The Morgan fingerprint density at radius 3 is 2.77 bits per heavy atom. The predicted octanol–water partition coefficient (Wildman–Crippen LogP) is 2.01. The van der Waals surface area contributed by atoms with Gasteiger partial charge in [-0.25, -0.2) is 0 Å². The van der Waals surface area contributed by atoms with Gasteiger partial charge in [-0.05, 0) is 30.2 Å². The number of nitrogens with zero attached hydrogens (tertiary/aromatic N) is 1. The minimum atomic E-state index is -0.356. The Labute approximate surface area is 130 Å². The number of allylic oxidation sites excluding steroid dienone is 2. The fourth-order valence-corrected chi connectivity index (χ4v) is 2.39. The van der Waals surface area contributed by atoms with Gasteiger partial charge in [-0.3, -0.25) is 10.2 Å². The highest BCUT2D eigenvalue weighted by Gasteiger charge is 2.25. The standard InChI is InChI=1S/C17H20N4O/c1-12(14-6-4-3-5-7-14)11-21-9-8-15(10-13(21)2)16-19-17(18)20-22-16/h3-11,16-17,19-20H,2,18H2,1H3/b12-11+. The van der Waals surface area contributed by atoms with Crippen LogP contribution in [0.4, 0.5) is 0 Å². The molecule has 1 aromatic rings. The van der Waals surface area contributed by atoms with Crippen LogP contribution in [-0.2, 0) is 4.84 Å². The van der Waals surface area contributed by atoms with Crippen molar-refractivity contribution in [3.05, 3.63) is 78.3 Å². The van der Waals surface area contributed by atoms with Crippen LogP contribution in [-0.4, -0.2) is 17.4 Å². The molecule has 0 radical (unpaired) electrons. The van der Waals surface area contributed by atoms with Crippen LogP contribution in [0.5, 0.6) is 0 Å². The maximum absolute atomic E-state index is 5.68. The summed E-state index contributed by atoms with van der Waals surface area (Å²) in [5.74, 6) is 0. The molecule has 2 aliphatic heterocycles. The molecule has 0 aromatic heterocycles. The van der Waals surface area contributed by atoms with Crippen LogP contribution in [0.2, 0.25) is 0 Å². The van der Waals surface area contributed by atoms with Crippen molar-refractivity contribution in [2.24, 2.45) is 5.73 Å². The molecular formula is C17H20N4O. The Morgan fingerprint density at radius 1 is 1.36 bits per heavy atom. The van der Waals surface area contributed by atoms with Crippen LogP contribution >= 0.6 is 0 Å². The number of hydroxylamine groups is 1. The van der Waals surface area contributed by atoms with Crippen molar-refractivity contribution >= 4 is 5.57 Å². The van der Waals surface area contributed by atoms with Gasteiger partial charge in [0, 0.05) is 23.7 Å². The zero-order valence-electron chi connectivity index (χ0n) is 12.5. The van der Waals surface area contributed by atoms with Gasteiger partial charge in [-0.2, -0.15) is 5.48 Å². The molecule has 1 fully saturated rings. The van der Waals surface area contributed by atoms with Crippen molar-refractivity contribution in [3.8, 4) is 0 Å². The van der Waals surface area contributed by atoms with Gasteiger partial charge < -0.3 is 10.6 Å². The number of benzene rings is 1. The molecule has 3 rings (SSSR count). The maximum atomic E-state index is 5.68. The molecule has 1 aromatic carbocycles. The van der Waals surface area contributed by atoms with E-state index in [1.807, 2.05) is 41.5 Å². The third-order valence-corrected chi connectivity index (χ3v) is 3.60. The van der Waals surface area contributed by atoms with E-state index in [1.165, 1.54) is 11.1 Å². The molecule has 5 heteroatoms. The normalized spacial score (nSPS) is 25.5. The molecule has 2 aliphatic rings. The number of rotatable bonds is 3. The third kappa shape index (κ3) is 3.18. The Bertz CT molecular complexity index is 648. The van der Waals surface area contributed by atoms with Gasteiger partial charge in [0.15, 0.2) is 6.23 Å². The first-order chi connectivity index (χ1) is 10.6. The lowest BCUT2D eigenvalue weighted by Crippen LogP contribution is -2.41. The minimum Gasteiger partial charge on any atom is -0.324 e. The first-order valence-electron chi connectivity index (χ1n) is 7.17. The fraction of sp³-hybridized carbons (Fsp3) is 0.176. The second-order valence-electron chi connectivity index (χ2n) is 5.30. The van der Waals surface area contributed by atoms with Crippen molar-refractivity contribution < 1.29 is 4.84 Å². The van der Waals surface area contributed by atoms with Crippen molar-refractivity contribution in [3.63, 3.8) is 0 Å². The lowest BCUT2D eigenvalue weighted by atomic mass is 10.1. The second-order valence-corrected chi connectivity index (χ2v) is 5.30. The summed E-state index contributed by atoms with van der Waals surface area (Å²) >= 11 is 0. The first-order valence-corrected chi connectivity index (χ1v) is 7.17. The molecule has 2 atom stereocenters. The summed E-state index contributed by atoms with van der Waals surface area (Å²) in [5.41, 5.74) is 12.6. The van der Waals surface area contributed by atoms with Crippen LogP contribution in [0.1, 0.15) is 12.5 Å². The Morgan fingerprint density at radius 2 is 2.14 bits per heavy atom. The van der Waals surface area contributed by atoms with Gasteiger partial charge in [-0.15, -0.1) is 0 Å². The highest BCUT2D eigenvalue weighted by Crippen LogP contribution is 2.23. The number of nitrogens with two attached hydrogens (primary N) is 1. The highest BCUT2D eigenvalue weighted by atomic mass is 16.7. The first kappa shape index (κ1) is 14.7. The van der Waals surface area contributed by atoms with Gasteiger partial charge >= 0.3 is 0 Å². The molecule has 0 spiro atoms. The van der Waals surface area contributed by atoms with Crippen molar-refractivity contribution in [2.75, 3.05) is 0 Å². The largest absolute Gasteiger partial charge is 0.324 e. The van der Waals surface area contributed by atoms with Crippen LogP contribution in [0.25, 0.3) is 5.57 Å². The lowest BCUT2D eigenvalue weighted by molar-refractivity contribution is 0.0441. The summed E-state index contributed by atoms with van der Waals surface area (Å²) in [6.07, 6.45) is 7.38.